The van der Waals surface area contributed by atoms with E-state index in [0.717, 1.165) is 0 Å². The molecular weight excluding hydrogens is 326 g/mol. The number of para-hydroxylation sites is 1. The Bertz CT molecular complexity index is 844. The van der Waals surface area contributed by atoms with Crippen LogP contribution < -0.4 is 4.90 Å². The zero-order valence-corrected chi connectivity index (χ0v) is 15.8. The van der Waals surface area contributed by atoms with Crippen LogP contribution in [0.3, 0.4) is 0 Å². The summed E-state index contributed by atoms with van der Waals surface area (Å²) in [7, 11) is 0. The molecule has 0 bridgehead atoms. The second kappa shape index (κ2) is 8.73. The quantitative estimate of drug-likeness (QED) is 0.434. The van der Waals surface area contributed by atoms with Crippen LogP contribution in [0.5, 0.6) is 0 Å². The fraction of sp³-hybridized carbons (Fsp3) is 0.231. The summed E-state index contributed by atoms with van der Waals surface area (Å²) >= 11 is 0. The fourth-order valence-corrected chi connectivity index (χ4v) is 4.00. The molecule has 27 heavy (non-hydrogen) atoms. The minimum absolute atomic E-state index is 0.604. The highest BCUT2D eigenvalue weighted by molar-refractivity contribution is 5.72. The number of hydrogen-bond acceptors (Lipinski definition) is 1. The van der Waals surface area contributed by atoms with Gasteiger partial charge in [-0.15, -0.1) is 0 Å². The van der Waals surface area contributed by atoms with Gasteiger partial charge in [-0.3, -0.25) is 0 Å². The Morgan fingerprint density at radius 3 is 1.70 bits per heavy atom. The first-order valence-electron chi connectivity index (χ1n) is 10.1. The SMILES string of the molecule is C(=C\c1ccc(N(c2ccccc2)C2CCCCC2)cc1)/c1ccccc1. The lowest BCUT2D eigenvalue weighted by atomic mass is 9.93. The number of nitrogens with zero attached hydrogens (tertiary/aromatic N) is 1. The van der Waals surface area contributed by atoms with Gasteiger partial charge in [-0.1, -0.05) is 92.1 Å². The molecule has 0 N–H and O–H groups in total. The third-order valence-electron chi connectivity index (χ3n) is 5.41. The third kappa shape index (κ3) is 4.49. The summed E-state index contributed by atoms with van der Waals surface area (Å²) in [5.41, 5.74) is 5.07. The molecule has 1 heteroatoms. The number of anilines is 2. The molecule has 0 aliphatic heterocycles. The van der Waals surface area contributed by atoms with E-state index in [1.165, 1.54) is 54.6 Å². The van der Waals surface area contributed by atoms with Crippen molar-refractivity contribution in [3.05, 3.63) is 96.1 Å². The molecule has 3 aromatic rings. The minimum atomic E-state index is 0.604. The molecule has 136 valence electrons. The Kier molecular flexibility index (Phi) is 5.69. The van der Waals surface area contributed by atoms with Crippen LogP contribution in [0.1, 0.15) is 43.2 Å². The standard InChI is InChI=1S/C26H27N/c1-4-10-22(11-5-1)16-17-23-18-20-26(21-19-23)27(24-12-6-2-7-13-24)25-14-8-3-9-15-25/h1-2,4-7,10-13,16-21,25H,3,8-9,14-15H2/b17-16+. The third-order valence-corrected chi connectivity index (χ3v) is 5.41. The first-order valence-corrected chi connectivity index (χ1v) is 10.1. The van der Waals surface area contributed by atoms with Crippen molar-refractivity contribution in [1.29, 1.82) is 0 Å². The molecule has 4 rings (SSSR count). The van der Waals surface area contributed by atoms with Crippen LogP contribution in [0, 0.1) is 0 Å². The van der Waals surface area contributed by atoms with Crippen LogP contribution in [0.4, 0.5) is 11.4 Å². The van der Waals surface area contributed by atoms with Gasteiger partial charge in [0, 0.05) is 17.4 Å². The normalized spacial score (nSPS) is 15.1. The monoisotopic (exact) mass is 353 g/mol. The van der Waals surface area contributed by atoms with Gasteiger partial charge in [0.1, 0.15) is 0 Å². The van der Waals surface area contributed by atoms with Crippen LogP contribution in [-0.4, -0.2) is 6.04 Å². The van der Waals surface area contributed by atoms with Gasteiger partial charge in [0.05, 0.1) is 0 Å². The first kappa shape index (κ1) is 17.6. The van der Waals surface area contributed by atoms with E-state index in [9.17, 15) is 0 Å². The predicted octanol–water partition coefficient (Wildman–Crippen LogP) is 7.33. The summed E-state index contributed by atoms with van der Waals surface area (Å²) in [5.74, 6) is 0. The Balaban J connectivity index is 1.58. The maximum Gasteiger partial charge on any atom is 0.0413 e. The Morgan fingerprint density at radius 1 is 0.556 bits per heavy atom. The minimum Gasteiger partial charge on any atom is -0.338 e. The second-order valence-corrected chi connectivity index (χ2v) is 7.33. The van der Waals surface area contributed by atoms with E-state index in [1.54, 1.807) is 0 Å². The molecule has 0 unspecified atom stereocenters. The van der Waals surface area contributed by atoms with Gasteiger partial charge in [-0.25, -0.2) is 0 Å². The zero-order chi connectivity index (χ0) is 18.3. The van der Waals surface area contributed by atoms with E-state index in [2.05, 4.69) is 102 Å². The molecule has 1 nitrogen and oxygen atoms in total. The molecule has 1 saturated carbocycles. The maximum atomic E-state index is 2.55. The Morgan fingerprint density at radius 2 is 1.07 bits per heavy atom. The van der Waals surface area contributed by atoms with Crippen LogP contribution in [0.2, 0.25) is 0 Å². The molecule has 0 amide bonds. The van der Waals surface area contributed by atoms with E-state index < -0.39 is 0 Å². The van der Waals surface area contributed by atoms with Crippen molar-refractivity contribution in [3.63, 3.8) is 0 Å². The highest BCUT2D eigenvalue weighted by Crippen LogP contribution is 2.34. The molecule has 1 aliphatic carbocycles. The molecule has 1 fully saturated rings. The number of hydrogen-bond donors (Lipinski definition) is 0. The van der Waals surface area contributed by atoms with E-state index in [0.29, 0.717) is 6.04 Å². The maximum absolute atomic E-state index is 2.55. The highest BCUT2D eigenvalue weighted by Gasteiger charge is 2.22. The average molecular weight is 354 g/mol. The lowest BCUT2D eigenvalue weighted by Gasteiger charge is -2.36. The molecule has 0 heterocycles. The number of benzene rings is 3. The van der Waals surface area contributed by atoms with Crippen LogP contribution >= 0.6 is 0 Å². The van der Waals surface area contributed by atoms with Crippen molar-refractivity contribution < 1.29 is 0 Å². The first-order chi connectivity index (χ1) is 13.4. The topological polar surface area (TPSA) is 3.24 Å². The van der Waals surface area contributed by atoms with Crippen molar-refractivity contribution in [2.24, 2.45) is 0 Å². The molecule has 0 spiro atoms. The van der Waals surface area contributed by atoms with Crippen LogP contribution in [0.25, 0.3) is 12.2 Å². The molecule has 0 aromatic heterocycles. The summed E-state index contributed by atoms with van der Waals surface area (Å²) in [4.78, 5) is 2.55. The molecule has 0 saturated heterocycles. The summed E-state index contributed by atoms with van der Waals surface area (Å²) in [6.45, 7) is 0. The van der Waals surface area contributed by atoms with Crippen molar-refractivity contribution >= 4 is 23.5 Å². The van der Waals surface area contributed by atoms with Gasteiger partial charge < -0.3 is 4.90 Å². The predicted molar refractivity (Wildman–Crippen MR) is 117 cm³/mol. The van der Waals surface area contributed by atoms with E-state index in [4.69, 9.17) is 0 Å². The summed E-state index contributed by atoms with van der Waals surface area (Å²) in [6, 6.07) is 30.9. The van der Waals surface area contributed by atoms with Gasteiger partial charge in [0.2, 0.25) is 0 Å². The molecule has 1 aliphatic rings. The lowest BCUT2D eigenvalue weighted by Crippen LogP contribution is -2.32. The van der Waals surface area contributed by atoms with Gasteiger partial charge >= 0.3 is 0 Å². The zero-order valence-electron chi connectivity index (χ0n) is 15.8. The largest absolute Gasteiger partial charge is 0.338 e. The lowest BCUT2D eigenvalue weighted by molar-refractivity contribution is 0.436. The van der Waals surface area contributed by atoms with Crippen molar-refractivity contribution in [2.45, 2.75) is 38.1 Å². The molecule has 0 atom stereocenters. The Hall–Kier alpha value is -2.80. The molecular formula is C26H27N. The van der Waals surface area contributed by atoms with Crippen molar-refractivity contribution in [3.8, 4) is 0 Å². The Labute approximate surface area is 163 Å². The molecule has 3 aromatic carbocycles. The average Bonchev–Trinajstić information content (AvgIpc) is 2.76. The van der Waals surface area contributed by atoms with E-state index in [1.807, 2.05) is 0 Å². The van der Waals surface area contributed by atoms with Gasteiger partial charge in [-0.05, 0) is 48.2 Å². The highest BCUT2D eigenvalue weighted by atomic mass is 15.2. The van der Waals surface area contributed by atoms with Crippen molar-refractivity contribution in [2.75, 3.05) is 4.90 Å². The summed E-state index contributed by atoms with van der Waals surface area (Å²) in [5, 5.41) is 0. The van der Waals surface area contributed by atoms with Gasteiger partial charge in [0.15, 0.2) is 0 Å². The summed E-state index contributed by atoms with van der Waals surface area (Å²) in [6.07, 6.45) is 11.0. The van der Waals surface area contributed by atoms with E-state index in [-0.39, 0.29) is 0 Å². The second-order valence-electron chi connectivity index (χ2n) is 7.33. The van der Waals surface area contributed by atoms with Gasteiger partial charge in [0.25, 0.3) is 0 Å². The van der Waals surface area contributed by atoms with Crippen LogP contribution in [0.15, 0.2) is 84.9 Å². The summed E-state index contributed by atoms with van der Waals surface area (Å²) < 4.78 is 0. The smallest absolute Gasteiger partial charge is 0.0413 e. The van der Waals surface area contributed by atoms with E-state index >= 15 is 0 Å². The molecule has 0 radical (unpaired) electrons. The van der Waals surface area contributed by atoms with Gasteiger partial charge in [-0.2, -0.15) is 0 Å². The number of rotatable bonds is 5. The van der Waals surface area contributed by atoms with Crippen molar-refractivity contribution in [1.82, 2.24) is 0 Å². The fourth-order valence-electron chi connectivity index (χ4n) is 4.00. The van der Waals surface area contributed by atoms with Crippen LogP contribution in [-0.2, 0) is 0 Å².